The average molecular weight is 299 g/mol. The minimum Gasteiger partial charge on any atom is -0.261 e. The Hall–Kier alpha value is -0.510. The van der Waals surface area contributed by atoms with Crippen molar-refractivity contribution in [2.75, 3.05) is 0 Å². The van der Waals surface area contributed by atoms with Gasteiger partial charge in [0.1, 0.15) is 0 Å². The Balaban J connectivity index is 2.50. The van der Waals surface area contributed by atoms with Crippen molar-refractivity contribution in [3.8, 4) is 0 Å². The lowest BCUT2D eigenvalue weighted by molar-refractivity contribution is 1.02. The predicted molar refractivity (Wildman–Crippen MR) is 72.5 cm³/mol. The molecule has 0 atom stereocenters. The van der Waals surface area contributed by atoms with Gasteiger partial charge in [-0.1, -0.05) is 16.6 Å². The number of nitrogens with zero attached hydrogens (tertiary/aromatic N) is 1. The van der Waals surface area contributed by atoms with Crippen LogP contribution in [-0.4, -0.2) is 10.7 Å². The minimum absolute atomic E-state index is 0.0957. The number of alkyl halides is 1. The molecule has 0 amide bonds. The van der Waals surface area contributed by atoms with Crippen LogP contribution in [0.25, 0.3) is 0 Å². The van der Waals surface area contributed by atoms with Gasteiger partial charge in [0.05, 0.1) is 5.69 Å². The second kappa shape index (κ2) is 4.34. The predicted octanol–water partition coefficient (Wildman–Crippen LogP) is 3.55. The molecule has 1 aliphatic rings. The molecule has 1 nitrogen and oxygen atoms in total. The summed E-state index contributed by atoms with van der Waals surface area (Å²) in [6, 6.07) is 4.51. The molecular formula is C12H14IN. The second-order valence-corrected chi connectivity index (χ2v) is 5.37. The van der Waals surface area contributed by atoms with E-state index in [9.17, 15) is 0 Å². The third-order valence-corrected chi connectivity index (χ3v) is 3.99. The Morgan fingerprint density at radius 1 is 1.50 bits per heavy atom. The van der Waals surface area contributed by atoms with E-state index >= 15 is 0 Å². The zero-order valence-corrected chi connectivity index (χ0v) is 10.5. The van der Waals surface area contributed by atoms with Crippen molar-refractivity contribution in [1.82, 2.24) is 0 Å². The normalized spacial score (nSPS) is 14.1. The number of aryl methyl sites for hydroxylation is 1. The van der Waals surface area contributed by atoms with Crippen LogP contribution >= 0.6 is 20.7 Å². The molecule has 0 aromatic heterocycles. The highest BCUT2D eigenvalue weighted by atomic mass is 127. The van der Waals surface area contributed by atoms with E-state index in [4.69, 9.17) is 0 Å². The third kappa shape index (κ3) is 1.80. The van der Waals surface area contributed by atoms with Gasteiger partial charge in [-0.15, -0.1) is 20.7 Å². The van der Waals surface area contributed by atoms with Crippen molar-refractivity contribution in [2.45, 2.75) is 24.2 Å². The van der Waals surface area contributed by atoms with Crippen molar-refractivity contribution in [3.63, 3.8) is 0 Å². The van der Waals surface area contributed by atoms with Crippen LogP contribution in [0.1, 0.15) is 23.1 Å². The molecule has 0 N–H and O–H groups in total. The van der Waals surface area contributed by atoms with Gasteiger partial charge in [-0.05, 0) is 36.5 Å². The van der Waals surface area contributed by atoms with Crippen LogP contribution in [0.3, 0.4) is 0 Å². The van der Waals surface area contributed by atoms with Crippen molar-refractivity contribution < 1.29 is 0 Å². The molecule has 0 unspecified atom stereocenters. The lowest BCUT2D eigenvalue weighted by Gasteiger charge is -2.14. The van der Waals surface area contributed by atoms with Crippen molar-refractivity contribution in [3.05, 3.63) is 28.8 Å². The van der Waals surface area contributed by atoms with Crippen molar-refractivity contribution >= 4 is 37.1 Å². The first-order chi connectivity index (χ1) is 6.83. The van der Waals surface area contributed by atoms with E-state index in [1.165, 1.54) is 26.8 Å². The summed E-state index contributed by atoms with van der Waals surface area (Å²) in [5, 5.41) is 0. The monoisotopic (exact) mass is 299 g/mol. The summed E-state index contributed by atoms with van der Waals surface area (Å²) >= 11 is 0.0957. The van der Waals surface area contributed by atoms with E-state index in [0.717, 1.165) is 12.8 Å². The van der Waals surface area contributed by atoms with Gasteiger partial charge in [0, 0.05) is 10.6 Å². The van der Waals surface area contributed by atoms with Crippen molar-refractivity contribution in [2.24, 2.45) is 4.99 Å². The fraction of sp³-hybridized carbons (Fsp3) is 0.333. The number of hydrogen-bond donors (Lipinski definition) is 0. The minimum atomic E-state index is 0.0957. The van der Waals surface area contributed by atoms with Gasteiger partial charge in [-0.3, -0.25) is 4.99 Å². The molecule has 14 heavy (non-hydrogen) atoms. The highest BCUT2D eigenvalue weighted by Gasteiger charge is 2.10. The third-order valence-electron chi connectivity index (χ3n) is 2.63. The summed E-state index contributed by atoms with van der Waals surface area (Å²) in [6.45, 7) is 2.19. The number of rotatable bonds is 2. The number of aliphatic imine (C=N–C) groups is 1. The number of benzene rings is 1. The Kier molecular flexibility index (Phi) is 3.11. The molecule has 1 heterocycles. The molecule has 1 aromatic rings. The topological polar surface area (TPSA) is 12.4 Å². The summed E-state index contributed by atoms with van der Waals surface area (Å²) in [5.74, 6) is 0. The molecule has 0 bridgehead atoms. The van der Waals surface area contributed by atoms with E-state index in [0.29, 0.717) is 0 Å². The van der Waals surface area contributed by atoms with Gasteiger partial charge < -0.3 is 0 Å². The Bertz CT molecular complexity index is 394. The van der Waals surface area contributed by atoms with Gasteiger partial charge in [-0.2, -0.15) is 0 Å². The quantitative estimate of drug-likeness (QED) is 0.585. The highest BCUT2D eigenvalue weighted by Crippen LogP contribution is 2.31. The Labute approximate surface area is 95.0 Å². The Morgan fingerprint density at radius 3 is 3.14 bits per heavy atom. The maximum Gasteiger partial charge on any atom is 0.0689 e. The highest BCUT2D eigenvalue weighted by molar-refractivity contribution is 14.2. The molecule has 1 aliphatic heterocycles. The summed E-state index contributed by atoms with van der Waals surface area (Å²) in [5.41, 5.74) is 5.47. The van der Waals surface area contributed by atoms with Crippen LogP contribution in [0, 0.1) is 6.92 Å². The lowest BCUT2D eigenvalue weighted by atomic mass is 9.98. The summed E-state index contributed by atoms with van der Waals surface area (Å²) in [4.78, 5) is 4.50. The van der Waals surface area contributed by atoms with Crippen LogP contribution in [0.4, 0.5) is 5.69 Å². The molecule has 2 heteroatoms. The maximum absolute atomic E-state index is 4.50. The van der Waals surface area contributed by atoms with Crippen LogP contribution in [-0.2, 0) is 10.8 Å². The lowest BCUT2D eigenvalue weighted by Crippen LogP contribution is -1.97. The molecule has 0 saturated heterocycles. The molecule has 74 valence electrons. The largest absolute Gasteiger partial charge is 0.261 e. The van der Waals surface area contributed by atoms with Crippen LogP contribution in [0.15, 0.2) is 17.1 Å². The zero-order chi connectivity index (χ0) is 9.97. The molecule has 0 spiro atoms. The molecular weight excluding hydrogens is 285 g/mol. The second-order valence-electron chi connectivity index (χ2n) is 3.53. The van der Waals surface area contributed by atoms with E-state index in [1.807, 2.05) is 6.21 Å². The van der Waals surface area contributed by atoms with E-state index in [2.05, 4.69) is 28.6 Å². The van der Waals surface area contributed by atoms with Gasteiger partial charge in [-0.25, -0.2) is 0 Å². The molecule has 0 fully saturated rings. The van der Waals surface area contributed by atoms with Crippen LogP contribution in [0.5, 0.6) is 0 Å². The molecule has 1 aromatic carbocycles. The van der Waals surface area contributed by atoms with E-state index < -0.39 is 0 Å². The maximum atomic E-state index is 4.50. The number of fused-ring (bicyclic) bond motifs is 1. The molecule has 2 rings (SSSR count). The Morgan fingerprint density at radius 2 is 2.36 bits per heavy atom. The molecule has 0 aliphatic carbocycles. The van der Waals surface area contributed by atoms with E-state index in [1.54, 1.807) is 0 Å². The van der Waals surface area contributed by atoms with Gasteiger partial charge in [0.25, 0.3) is 0 Å². The standard InChI is InChI=1S/C12H14IN/c1-9-11(8-13-2)6-5-10-4-3-7-14-12(9)10/h5-7H,2-4,8H2,1H3. The van der Waals surface area contributed by atoms with Crippen LogP contribution in [0.2, 0.25) is 0 Å². The summed E-state index contributed by atoms with van der Waals surface area (Å²) in [6.07, 6.45) is 4.28. The SMILES string of the molecule is C=ICc1ccc2c(c1C)N=CCC2. The first-order valence-electron chi connectivity index (χ1n) is 4.79. The van der Waals surface area contributed by atoms with Gasteiger partial charge >= 0.3 is 0 Å². The first kappa shape index (κ1) is 10.0. The smallest absolute Gasteiger partial charge is 0.0689 e. The fourth-order valence-corrected chi connectivity index (χ4v) is 3.21. The van der Waals surface area contributed by atoms with Gasteiger partial charge in [0.2, 0.25) is 0 Å². The zero-order valence-electron chi connectivity index (χ0n) is 8.39. The number of halogens is 1. The summed E-state index contributed by atoms with van der Waals surface area (Å²) in [7, 11) is 0. The fourth-order valence-electron chi connectivity index (χ4n) is 1.80. The van der Waals surface area contributed by atoms with E-state index in [-0.39, 0.29) is 20.7 Å². The first-order valence-corrected chi connectivity index (χ1v) is 7.84. The molecule has 0 radical (unpaired) electrons. The van der Waals surface area contributed by atoms with Crippen molar-refractivity contribution in [1.29, 1.82) is 0 Å². The summed E-state index contributed by atoms with van der Waals surface area (Å²) < 4.78 is 5.18. The molecule has 0 saturated carbocycles. The van der Waals surface area contributed by atoms with Crippen LogP contribution < -0.4 is 0 Å². The van der Waals surface area contributed by atoms with Gasteiger partial charge in [0.15, 0.2) is 0 Å². The number of hydrogen-bond acceptors (Lipinski definition) is 1. The average Bonchev–Trinajstić information content (AvgIpc) is 2.23.